The third-order valence-electron chi connectivity index (χ3n) is 2.52. The summed E-state index contributed by atoms with van der Waals surface area (Å²) in [5.41, 5.74) is 1.08. The lowest BCUT2D eigenvalue weighted by atomic mass is 10.2. The zero-order valence-electron chi connectivity index (χ0n) is 9.79. The highest BCUT2D eigenvalue weighted by Gasteiger charge is 2.15. The molecule has 0 bridgehead atoms. The number of hydrogen-bond acceptors (Lipinski definition) is 2. The van der Waals surface area contributed by atoms with E-state index in [1.165, 1.54) is 0 Å². The first-order valence-electron chi connectivity index (χ1n) is 5.62. The Kier molecular flexibility index (Phi) is 4.47. The maximum atomic E-state index is 12.0. The number of nitrogens with zero attached hydrogens (tertiary/aromatic N) is 2. The molecule has 1 amide bonds. The van der Waals surface area contributed by atoms with Crippen LogP contribution in [0.3, 0.4) is 0 Å². The lowest BCUT2D eigenvalue weighted by molar-refractivity contribution is -0.116. The third-order valence-corrected chi connectivity index (χ3v) is 3.00. The molecular weight excluding hydrogens is 292 g/mol. The van der Waals surface area contributed by atoms with Gasteiger partial charge in [0.2, 0.25) is 5.91 Å². The average molecular weight is 305 g/mol. The normalized spacial score (nSPS) is 10.1. The van der Waals surface area contributed by atoms with Gasteiger partial charge in [0.15, 0.2) is 0 Å². The average Bonchev–Trinajstić information content (AvgIpc) is 2.46. The maximum absolute atomic E-state index is 12.0. The fourth-order valence-corrected chi connectivity index (χ4v) is 1.95. The van der Waals surface area contributed by atoms with Crippen molar-refractivity contribution in [2.45, 2.75) is 6.54 Å². The lowest BCUT2D eigenvalue weighted by Gasteiger charge is -2.20. The number of anilines is 1. The van der Waals surface area contributed by atoms with E-state index >= 15 is 0 Å². The zero-order chi connectivity index (χ0) is 12.8. The van der Waals surface area contributed by atoms with Gasteiger partial charge in [-0.3, -0.25) is 9.69 Å². The summed E-state index contributed by atoms with van der Waals surface area (Å²) in [5.74, 6) is 0.670. The fraction of sp³-hybridized carbons (Fsp3) is 0.143. The van der Waals surface area contributed by atoms with Gasteiger partial charge in [-0.25, -0.2) is 4.98 Å². The molecule has 3 nitrogen and oxygen atoms in total. The molecule has 0 fully saturated rings. The van der Waals surface area contributed by atoms with E-state index in [1.807, 2.05) is 48.5 Å². The molecule has 0 aliphatic rings. The largest absolute Gasteiger partial charge is 0.292 e. The van der Waals surface area contributed by atoms with Crippen LogP contribution in [0.15, 0.2) is 54.7 Å². The number of hydrogen-bond donors (Lipinski definition) is 0. The summed E-state index contributed by atoms with van der Waals surface area (Å²) in [6.45, 7) is 0.530. The van der Waals surface area contributed by atoms with Crippen molar-refractivity contribution in [1.29, 1.82) is 0 Å². The van der Waals surface area contributed by atoms with Crippen molar-refractivity contribution in [3.63, 3.8) is 0 Å². The number of halogens is 1. The lowest BCUT2D eigenvalue weighted by Crippen LogP contribution is -2.31. The molecule has 4 heteroatoms. The molecule has 0 N–H and O–H groups in total. The molecule has 1 aromatic carbocycles. The second-order valence-corrected chi connectivity index (χ2v) is 4.35. The highest BCUT2D eigenvalue weighted by Crippen LogP contribution is 2.14. The van der Waals surface area contributed by atoms with Gasteiger partial charge in [-0.2, -0.15) is 0 Å². The molecule has 0 saturated carbocycles. The van der Waals surface area contributed by atoms with Crippen molar-refractivity contribution in [3.05, 3.63) is 60.3 Å². The summed E-state index contributed by atoms with van der Waals surface area (Å²) >= 11 is 3.21. The molecule has 2 rings (SSSR count). The van der Waals surface area contributed by atoms with Gasteiger partial charge in [-0.15, -0.1) is 0 Å². The predicted octanol–water partition coefficient (Wildman–Crippen LogP) is 3.01. The Morgan fingerprint density at radius 1 is 1.11 bits per heavy atom. The van der Waals surface area contributed by atoms with Gasteiger partial charge in [0, 0.05) is 6.20 Å². The Bertz CT molecular complexity index is 502. The van der Waals surface area contributed by atoms with Crippen LogP contribution in [0.25, 0.3) is 0 Å². The van der Waals surface area contributed by atoms with Crippen molar-refractivity contribution < 1.29 is 4.79 Å². The van der Waals surface area contributed by atoms with Crippen LogP contribution in [0.2, 0.25) is 0 Å². The smallest absolute Gasteiger partial charge is 0.239 e. The standard InChI is InChI=1S/C14H13BrN2O/c15-10-14(18)17(13-8-4-5-9-16-13)11-12-6-2-1-3-7-12/h1-9H,10-11H2. The second-order valence-electron chi connectivity index (χ2n) is 3.79. The van der Waals surface area contributed by atoms with Crippen LogP contribution in [0.4, 0.5) is 5.82 Å². The van der Waals surface area contributed by atoms with Crippen molar-refractivity contribution in [2.24, 2.45) is 0 Å². The minimum absolute atomic E-state index is 0.00227. The van der Waals surface area contributed by atoms with E-state index in [0.29, 0.717) is 12.4 Å². The van der Waals surface area contributed by atoms with Gasteiger partial charge in [0.05, 0.1) is 11.9 Å². The van der Waals surface area contributed by atoms with E-state index in [2.05, 4.69) is 20.9 Å². The molecule has 2 aromatic rings. The summed E-state index contributed by atoms with van der Waals surface area (Å²) in [4.78, 5) is 17.9. The molecule has 0 saturated heterocycles. The highest BCUT2D eigenvalue weighted by molar-refractivity contribution is 9.09. The molecular formula is C14H13BrN2O. The van der Waals surface area contributed by atoms with Gasteiger partial charge >= 0.3 is 0 Å². The minimum Gasteiger partial charge on any atom is -0.292 e. The SMILES string of the molecule is O=C(CBr)N(Cc1ccccc1)c1ccccn1. The van der Waals surface area contributed by atoms with Crippen LogP contribution in [-0.2, 0) is 11.3 Å². The van der Waals surface area contributed by atoms with Crippen LogP contribution in [-0.4, -0.2) is 16.2 Å². The van der Waals surface area contributed by atoms with Crippen molar-refractivity contribution in [1.82, 2.24) is 4.98 Å². The summed E-state index contributed by atoms with van der Waals surface area (Å²) in [7, 11) is 0. The molecule has 92 valence electrons. The van der Waals surface area contributed by atoms with E-state index in [9.17, 15) is 4.79 Å². The topological polar surface area (TPSA) is 33.2 Å². The predicted molar refractivity (Wildman–Crippen MR) is 75.7 cm³/mol. The summed E-state index contributed by atoms with van der Waals surface area (Å²) in [5, 5.41) is 0.288. The Hall–Kier alpha value is -1.68. The van der Waals surface area contributed by atoms with Crippen molar-refractivity contribution >= 4 is 27.7 Å². The molecule has 1 heterocycles. The number of rotatable bonds is 4. The van der Waals surface area contributed by atoms with Crippen LogP contribution in [0.5, 0.6) is 0 Å². The van der Waals surface area contributed by atoms with E-state index in [4.69, 9.17) is 0 Å². The first-order valence-corrected chi connectivity index (χ1v) is 6.74. The molecule has 1 aromatic heterocycles. The quantitative estimate of drug-likeness (QED) is 0.814. The number of carbonyl (C=O) groups is 1. The first-order chi connectivity index (χ1) is 8.81. The van der Waals surface area contributed by atoms with Gasteiger partial charge < -0.3 is 0 Å². The fourth-order valence-electron chi connectivity index (χ4n) is 1.65. The second kappa shape index (κ2) is 6.31. The third kappa shape index (κ3) is 3.17. The van der Waals surface area contributed by atoms with Crippen LogP contribution >= 0.6 is 15.9 Å². The van der Waals surface area contributed by atoms with Gasteiger partial charge in [-0.05, 0) is 17.7 Å². The Morgan fingerprint density at radius 3 is 2.44 bits per heavy atom. The van der Waals surface area contributed by atoms with Gasteiger partial charge in [-0.1, -0.05) is 52.3 Å². The molecule has 0 spiro atoms. The number of pyridine rings is 1. The van der Waals surface area contributed by atoms with E-state index < -0.39 is 0 Å². The summed E-state index contributed by atoms with van der Waals surface area (Å²) in [6, 6.07) is 15.4. The van der Waals surface area contributed by atoms with Crippen molar-refractivity contribution in [3.8, 4) is 0 Å². The minimum atomic E-state index is -0.00227. The van der Waals surface area contributed by atoms with Crippen LogP contribution in [0.1, 0.15) is 5.56 Å². The zero-order valence-corrected chi connectivity index (χ0v) is 11.4. The van der Waals surface area contributed by atoms with Gasteiger partial charge in [0.1, 0.15) is 5.82 Å². The van der Waals surface area contributed by atoms with Gasteiger partial charge in [0.25, 0.3) is 0 Å². The molecule has 18 heavy (non-hydrogen) atoms. The number of benzene rings is 1. The molecule has 0 unspecified atom stereocenters. The monoisotopic (exact) mass is 304 g/mol. The van der Waals surface area contributed by atoms with E-state index in [0.717, 1.165) is 5.56 Å². The molecule has 0 aliphatic heterocycles. The maximum Gasteiger partial charge on any atom is 0.239 e. The molecule has 0 atom stereocenters. The van der Waals surface area contributed by atoms with E-state index in [-0.39, 0.29) is 11.2 Å². The Labute approximate surface area is 115 Å². The summed E-state index contributed by atoms with van der Waals surface area (Å²) in [6.07, 6.45) is 1.69. The molecule has 0 radical (unpaired) electrons. The number of carbonyl (C=O) groups excluding carboxylic acids is 1. The number of aromatic nitrogens is 1. The Morgan fingerprint density at radius 2 is 1.83 bits per heavy atom. The highest BCUT2D eigenvalue weighted by atomic mass is 79.9. The number of alkyl halides is 1. The van der Waals surface area contributed by atoms with Crippen LogP contribution in [0, 0.1) is 0 Å². The first kappa shape index (κ1) is 12.8. The number of amides is 1. The molecule has 0 aliphatic carbocycles. The Balaban J connectivity index is 2.24. The van der Waals surface area contributed by atoms with E-state index in [1.54, 1.807) is 11.1 Å². The van der Waals surface area contributed by atoms with Crippen molar-refractivity contribution in [2.75, 3.05) is 10.2 Å². The van der Waals surface area contributed by atoms with Crippen LogP contribution < -0.4 is 4.90 Å². The summed E-state index contributed by atoms with van der Waals surface area (Å²) < 4.78 is 0.